The SMILES string of the molecule is CCN1CCC[C@@H](CN(C)CC(=O)Nc2nncs2)[C@@H]1c1cnn(C)c1. The van der Waals surface area contributed by atoms with Crippen molar-refractivity contribution >= 4 is 22.4 Å². The zero-order chi connectivity index (χ0) is 18.5. The zero-order valence-electron chi connectivity index (χ0n) is 15.6. The number of likely N-dealkylation sites (tertiary alicyclic amines) is 1. The number of hydrogen-bond donors (Lipinski definition) is 1. The maximum Gasteiger partial charge on any atom is 0.240 e. The number of likely N-dealkylation sites (N-methyl/N-ethyl adjacent to an activating group) is 1. The minimum atomic E-state index is -0.0506. The zero-order valence-corrected chi connectivity index (χ0v) is 16.4. The Labute approximate surface area is 158 Å². The van der Waals surface area contributed by atoms with Crippen molar-refractivity contribution in [2.75, 3.05) is 38.5 Å². The Hall–Kier alpha value is -1.84. The summed E-state index contributed by atoms with van der Waals surface area (Å²) in [7, 11) is 3.96. The molecule has 3 heterocycles. The van der Waals surface area contributed by atoms with Gasteiger partial charge in [-0.3, -0.25) is 24.6 Å². The van der Waals surface area contributed by atoms with E-state index in [2.05, 4.69) is 43.5 Å². The van der Waals surface area contributed by atoms with Crippen molar-refractivity contribution < 1.29 is 4.79 Å². The van der Waals surface area contributed by atoms with Crippen molar-refractivity contribution in [2.45, 2.75) is 25.8 Å². The Bertz CT molecular complexity index is 702. The van der Waals surface area contributed by atoms with Crippen LogP contribution in [0.3, 0.4) is 0 Å². The molecule has 0 aliphatic carbocycles. The summed E-state index contributed by atoms with van der Waals surface area (Å²) in [5.41, 5.74) is 2.88. The van der Waals surface area contributed by atoms with Gasteiger partial charge in [-0.25, -0.2) is 0 Å². The van der Waals surface area contributed by atoms with E-state index in [4.69, 9.17) is 0 Å². The first-order valence-corrected chi connectivity index (χ1v) is 9.92. The molecule has 8 nitrogen and oxygen atoms in total. The van der Waals surface area contributed by atoms with E-state index >= 15 is 0 Å². The van der Waals surface area contributed by atoms with Crippen molar-refractivity contribution in [3.05, 3.63) is 23.5 Å². The molecule has 0 unspecified atom stereocenters. The summed E-state index contributed by atoms with van der Waals surface area (Å²) < 4.78 is 1.87. The van der Waals surface area contributed by atoms with Gasteiger partial charge in [-0.15, -0.1) is 10.2 Å². The largest absolute Gasteiger partial charge is 0.299 e. The fourth-order valence-corrected chi connectivity index (χ4v) is 4.33. The predicted octanol–water partition coefficient (Wildman–Crippen LogP) is 1.62. The summed E-state index contributed by atoms with van der Waals surface area (Å²) >= 11 is 1.33. The molecule has 1 fully saturated rings. The molecule has 2 aromatic heterocycles. The van der Waals surface area contributed by atoms with Crippen LogP contribution >= 0.6 is 11.3 Å². The third-order valence-corrected chi connectivity index (χ3v) is 5.51. The smallest absolute Gasteiger partial charge is 0.240 e. The summed E-state index contributed by atoms with van der Waals surface area (Å²) in [5.74, 6) is 0.428. The van der Waals surface area contributed by atoms with E-state index in [0.717, 1.165) is 19.6 Å². The minimum absolute atomic E-state index is 0.0506. The Balaban J connectivity index is 1.62. The summed E-state index contributed by atoms with van der Waals surface area (Å²) in [6.07, 6.45) is 6.46. The second-order valence-electron chi connectivity index (χ2n) is 6.91. The van der Waals surface area contributed by atoms with Crippen molar-refractivity contribution in [1.29, 1.82) is 0 Å². The summed E-state index contributed by atoms with van der Waals surface area (Å²) in [4.78, 5) is 16.8. The molecule has 26 heavy (non-hydrogen) atoms. The third kappa shape index (κ3) is 4.66. The monoisotopic (exact) mass is 377 g/mol. The molecule has 1 aliphatic rings. The highest BCUT2D eigenvalue weighted by Crippen LogP contribution is 2.36. The van der Waals surface area contributed by atoms with Crippen molar-refractivity contribution in [3.8, 4) is 0 Å². The molecule has 0 bridgehead atoms. The Kier molecular flexibility index (Phi) is 6.33. The fraction of sp³-hybridized carbons (Fsp3) is 0.647. The van der Waals surface area contributed by atoms with Crippen LogP contribution in [0.2, 0.25) is 0 Å². The van der Waals surface area contributed by atoms with Gasteiger partial charge in [0, 0.05) is 31.4 Å². The van der Waals surface area contributed by atoms with Crippen LogP contribution in [0.4, 0.5) is 5.13 Å². The molecule has 0 aromatic carbocycles. The van der Waals surface area contributed by atoms with Gasteiger partial charge >= 0.3 is 0 Å². The number of amides is 1. The highest BCUT2D eigenvalue weighted by molar-refractivity contribution is 7.13. The minimum Gasteiger partial charge on any atom is -0.299 e. The number of carbonyl (C=O) groups excluding carboxylic acids is 1. The lowest BCUT2D eigenvalue weighted by atomic mass is 9.85. The summed E-state index contributed by atoms with van der Waals surface area (Å²) in [5, 5.41) is 15.3. The Morgan fingerprint density at radius 3 is 3.00 bits per heavy atom. The van der Waals surface area contributed by atoms with Crippen LogP contribution in [0.15, 0.2) is 17.9 Å². The van der Waals surface area contributed by atoms with Gasteiger partial charge in [0.2, 0.25) is 11.0 Å². The summed E-state index contributed by atoms with van der Waals surface area (Å²) in [6, 6.07) is 0.358. The first-order valence-electron chi connectivity index (χ1n) is 9.04. The van der Waals surface area contributed by atoms with Crippen LogP contribution in [-0.4, -0.2) is 68.9 Å². The molecule has 2 atom stereocenters. The molecule has 0 radical (unpaired) electrons. The van der Waals surface area contributed by atoms with Gasteiger partial charge in [-0.1, -0.05) is 18.3 Å². The fourth-order valence-electron chi connectivity index (χ4n) is 3.87. The number of nitrogens with zero attached hydrogens (tertiary/aromatic N) is 6. The average Bonchev–Trinajstić information content (AvgIpc) is 3.26. The standard InChI is InChI=1S/C17H27N7OS/c1-4-24-7-5-6-13(16(24)14-8-19-23(3)10-14)9-22(2)11-15(25)20-17-21-18-12-26-17/h8,10,12-13,16H,4-7,9,11H2,1-3H3,(H,20,21,25)/t13-,16+/m0/s1. The number of anilines is 1. The Morgan fingerprint density at radius 2 is 2.35 bits per heavy atom. The molecule has 142 valence electrons. The van der Waals surface area contributed by atoms with E-state index in [0.29, 0.717) is 23.6 Å². The van der Waals surface area contributed by atoms with Gasteiger partial charge in [-0.2, -0.15) is 5.10 Å². The van der Waals surface area contributed by atoms with E-state index in [1.54, 1.807) is 5.51 Å². The van der Waals surface area contributed by atoms with Gasteiger partial charge in [0.1, 0.15) is 5.51 Å². The molecule has 1 N–H and O–H groups in total. The van der Waals surface area contributed by atoms with E-state index in [1.807, 2.05) is 25.0 Å². The molecule has 9 heteroatoms. The van der Waals surface area contributed by atoms with Crippen LogP contribution in [0.5, 0.6) is 0 Å². The molecular weight excluding hydrogens is 350 g/mol. The lowest BCUT2D eigenvalue weighted by Gasteiger charge is -2.42. The van der Waals surface area contributed by atoms with Gasteiger partial charge in [-0.05, 0) is 38.9 Å². The molecule has 1 amide bonds. The second kappa shape index (κ2) is 8.70. The van der Waals surface area contributed by atoms with Gasteiger partial charge < -0.3 is 0 Å². The van der Waals surface area contributed by atoms with Crippen molar-refractivity contribution in [2.24, 2.45) is 13.0 Å². The van der Waals surface area contributed by atoms with Crippen LogP contribution in [0.1, 0.15) is 31.4 Å². The number of aryl methyl sites for hydroxylation is 1. The van der Waals surface area contributed by atoms with E-state index in [9.17, 15) is 4.79 Å². The van der Waals surface area contributed by atoms with Gasteiger partial charge in [0.15, 0.2) is 0 Å². The highest BCUT2D eigenvalue weighted by atomic mass is 32.1. The van der Waals surface area contributed by atoms with Crippen molar-refractivity contribution in [1.82, 2.24) is 29.8 Å². The second-order valence-corrected chi connectivity index (χ2v) is 7.75. The number of hydrogen-bond acceptors (Lipinski definition) is 7. The first-order chi connectivity index (χ1) is 12.6. The van der Waals surface area contributed by atoms with E-state index in [1.165, 1.54) is 29.7 Å². The normalized spacial score (nSPS) is 21.2. The maximum absolute atomic E-state index is 12.2. The topological polar surface area (TPSA) is 79.2 Å². The molecule has 1 aliphatic heterocycles. The number of rotatable bonds is 7. The molecule has 0 spiro atoms. The van der Waals surface area contributed by atoms with E-state index < -0.39 is 0 Å². The number of nitrogens with one attached hydrogen (secondary N) is 1. The van der Waals surface area contributed by atoms with Gasteiger partial charge in [0.05, 0.1) is 12.7 Å². The highest BCUT2D eigenvalue weighted by Gasteiger charge is 2.33. The lowest BCUT2D eigenvalue weighted by molar-refractivity contribution is -0.117. The first kappa shape index (κ1) is 18.9. The molecule has 3 rings (SSSR count). The summed E-state index contributed by atoms with van der Waals surface area (Å²) in [6.45, 7) is 5.58. The number of carbonyl (C=O) groups is 1. The predicted molar refractivity (Wildman–Crippen MR) is 102 cm³/mol. The van der Waals surface area contributed by atoms with Crippen LogP contribution in [-0.2, 0) is 11.8 Å². The maximum atomic E-state index is 12.2. The molecule has 1 saturated heterocycles. The molecule has 0 saturated carbocycles. The third-order valence-electron chi connectivity index (χ3n) is 4.90. The lowest BCUT2D eigenvalue weighted by Crippen LogP contribution is -2.44. The van der Waals surface area contributed by atoms with Crippen molar-refractivity contribution in [3.63, 3.8) is 0 Å². The quantitative estimate of drug-likeness (QED) is 0.790. The molecule has 2 aromatic rings. The number of aromatic nitrogens is 4. The Morgan fingerprint density at radius 1 is 1.50 bits per heavy atom. The van der Waals surface area contributed by atoms with Crippen LogP contribution in [0, 0.1) is 5.92 Å². The van der Waals surface area contributed by atoms with Gasteiger partial charge in [0.25, 0.3) is 0 Å². The average molecular weight is 378 g/mol. The molecular formula is C17H27N7OS. The van der Waals surface area contributed by atoms with Crippen LogP contribution < -0.4 is 5.32 Å². The van der Waals surface area contributed by atoms with E-state index in [-0.39, 0.29) is 5.91 Å². The number of piperidine rings is 1. The van der Waals surface area contributed by atoms with Crippen LogP contribution in [0.25, 0.3) is 0 Å².